The molecule has 2 unspecified atom stereocenters. The number of nitrogens with zero attached hydrogens (tertiary/aromatic N) is 2. The number of fused-ring (bicyclic) bond motifs is 1. The SMILES string of the molecule is Cc1ccc(CNc2ccc(N3C(=O)C4CCCCC4C3=O)cc2[N+](=O)[O-])cc1. The van der Waals surface area contributed by atoms with E-state index in [4.69, 9.17) is 0 Å². The fraction of sp³-hybridized carbons (Fsp3) is 0.364. The Hall–Kier alpha value is -3.22. The number of anilines is 2. The highest BCUT2D eigenvalue weighted by Gasteiger charge is 2.49. The quantitative estimate of drug-likeness (QED) is 0.467. The maximum absolute atomic E-state index is 12.8. The Labute approximate surface area is 168 Å². The first-order chi connectivity index (χ1) is 14.0. The third-order valence-electron chi connectivity index (χ3n) is 5.88. The maximum atomic E-state index is 12.8. The van der Waals surface area contributed by atoms with E-state index in [1.807, 2.05) is 31.2 Å². The van der Waals surface area contributed by atoms with Gasteiger partial charge in [0.2, 0.25) is 11.8 Å². The lowest BCUT2D eigenvalue weighted by Gasteiger charge is -2.19. The van der Waals surface area contributed by atoms with Crippen LogP contribution >= 0.6 is 0 Å². The molecular weight excluding hydrogens is 370 g/mol. The fourth-order valence-electron chi connectivity index (χ4n) is 4.28. The van der Waals surface area contributed by atoms with Gasteiger partial charge >= 0.3 is 0 Å². The second-order valence-corrected chi connectivity index (χ2v) is 7.81. The van der Waals surface area contributed by atoms with Crippen molar-refractivity contribution in [3.8, 4) is 0 Å². The summed E-state index contributed by atoms with van der Waals surface area (Å²) in [4.78, 5) is 37.8. The highest BCUT2D eigenvalue weighted by Crippen LogP contribution is 2.41. The molecule has 1 saturated heterocycles. The average Bonchev–Trinajstić information content (AvgIpc) is 2.98. The lowest BCUT2D eigenvalue weighted by atomic mass is 9.81. The van der Waals surface area contributed by atoms with Gasteiger partial charge in [-0.15, -0.1) is 0 Å². The Morgan fingerprint density at radius 2 is 1.66 bits per heavy atom. The number of rotatable bonds is 5. The summed E-state index contributed by atoms with van der Waals surface area (Å²) in [6.07, 6.45) is 3.31. The van der Waals surface area contributed by atoms with Crippen molar-refractivity contribution < 1.29 is 14.5 Å². The van der Waals surface area contributed by atoms with E-state index in [1.165, 1.54) is 6.07 Å². The molecule has 2 fully saturated rings. The highest BCUT2D eigenvalue weighted by atomic mass is 16.6. The Bertz CT molecular complexity index is 947. The normalized spacial score (nSPS) is 21.2. The van der Waals surface area contributed by atoms with E-state index in [2.05, 4.69) is 5.32 Å². The number of nitro groups is 1. The van der Waals surface area contributed by atoms with Crippen LogP contribution in [0.25, 0.3) is 0 Å². The minimum absolute atomic E-state index is 0.148. The van der Waals surface area contributed by atoms with Gasteiger partial charge in [-0.25, -0.2) is 4.90 Å². The summed E-state index contributed by atoms with van der Waals surface area (Å²) in [6.45, 7) is 2.43. The lowest BCUT2D eigenvalue weighted by molar-refractivity contribution is -0.383. The molecule has 1 N–H and O–H groups in total. The van der Waals surface area contributed by atoms with Crippen LogP contribution < -0.4 is 10.2 Å². The fourth-order valence-corrected chi connectivity index (χ4v) is 4.28. The van der Waals surface area contributed by atoms with Crippen molar-refractivity contribution in [2.45, 2.75) is 39.2 Å². The predicted octanol–water partition coefficient (Wildman–Crippen LogP) is 4.19. The number of nitrogens with one attached hydrogen (secondary N) is 1. The van der Waals surface area contributed by atoms with E-state index in [0.29, 0.717) is 25.1 Å². The Morgan fingerprint density at radius 1 is 1.03 bits per heavy atom. The molecule has 2 aromatic rings. The van der Waals surface area contributed by atoms with Crippen LogP contribution in [0.15, 0.2) is 42.5 Å². The molecule has 0 spiro atoms. The third kappa shape index (κ3) is 3.60. The zero-order chi connectivity index (χ0) is 20.5. The van der Waals surface area contributed by atoms with Crippen LogP contribution in [0.1, 0.15) is 36.8 Å². The summed E-state index contributed by atoms with van der Waals surface area (Å²) in [7, 11) is 0. The molecule has 2 atom stereocenters. The molecule has 7 nitrogen and oxygen atoms in total. The lowest BCUT2D eigenvalue weighted by Crippen LogP contribution is -2.30. The van der Waals surface area contributed by atoms with Gasteiger partial charge in [0.15, 0.2) is 0 Å². The van der Waals surface area contributed by atoms with Gasteiger partial charge in [0, 0.05) is 12.6 Å². The Balaban J connectivity index is 1.59. The number of aryl methyl sites for hydroxylation is 1. The van der Waals surface area contributed by atoms with Crippen molar-refractivity contribution in [1.82, 2.24) is 0 Å². The van der Waals surface area contributed by atoms with Crippen molar-refractivity contribution in [1.29, 1.82) is 0 Å². The molecule has 1 aliphatic carbocycles. The predicted molar refractivity (Wildman–Crippen MR) is 110 cm³/mol. The monoisotopic (exact) mass is 393 g/mol. The second-order valence-electron chi connectivity index (χ2n) is 7.81. The van der Waals surface area contributed by atoms with Gasteiger partial charge in [-0.05, 0) is 37.5 Å². The number of hydrogen-bond donors (Lipinski definition) is 1. The van der Waals surface area contributed by atoms with Gasteiger partial charge in [-0.1, -0.05) is 42.7 Å². The van der Waals surface area contributed by atoms with Gasteiger partial charge in [0.05, 0.1) is 22.4 Å². The number of imide groups is 1. The molecule has 1 saturated carbocycles. The molecule has 2 aliphatic rings. The molecule has 4 rings (SSSR count). The van der Waals surface area contributed by atoms with Gasteiger partial charge in [-0.3, -0.25) is 19.7 Å². The largest absolute Gasteiger partial charge is 0.375 e. The summed E-state index contributed by atoms with van der Waals surface area (Å²) in [5.41, 5.74) is 2.63. The van der Waals surface area contributed by atoms with E-state index in [-0.39, 0.29) is 35.0 Å². The zero-order valence-corrected chi connectivity index (χ0v) is 16.3. The molecule has 29 heavy (non-hydrogen) atoms. The summed E-state index contributed by atoms with van der Waals surface area (Å²) in [5.74, 6) is -1.02. The summed E-state index contributed by atoms with van der Waals surface area (Å²) in [6, 6.07) is 12.4. The van der Waals surface area contributed by atoms with E-state index < -0.39 is 4.92 Å². The van der Waals surface area contributed by atoms with E-state index >= 15 is 0 Å². The number of benzene rings is 2. The molecule has 0 aromatic heterocycles. The van der Waals surface area contributed by atoms with Crippen molar-refractivity contribution in [3.05, 3.63) is 63.7 Å². The van der Waals surface area contributed by atoms with Crippen molar-refractivity contribution in [3.63, 3.8) is 0 Å². The first-order valence-corrected chi connectivity index (χ1v) is 9.91. The Morgan fingerprint density at radius 3 is 2.24 bits per heavy atom. The second kappa shape index (κ2) is 7.66. The van der Waals surface area contributed by atoms with Crippen LogP contribution in [0.3, 0.4) is 0 Å². The van der Waals surface area contributed by atoms with Gasteiger partial charge < -0.3 is 5.32 Å². The summed E-state index contributed by atoms with van der Waals surface area (Å²) < 4.78 is 0. The minimum atomic E-state index is -0.487. The molecule has 0 radical (unpaired) electrons. The van der Waals surface area contributed by atoms with Gasteiger partial charge in [0.1, 0.15) is 5.69 Å². The third-order valence-corrected chi connectivity index (χ3v) is 5.88. The zero-order valence-electron chi connectivity index (χ0n) is 16.3. The maximum Gasteiger partial charge on any atom is 0.294 e. The van der Waals surface area contributed by atoms with Crippen LogP contribution in [0, 0.1) is 28.9 Å². The van der Waals surface area contributed by atoms with E-state index in [9.17, 15) is 19.7 Å². The highest BCUT2D eigenvalue weighted by molar-refractivity contribution is 6.22. The number of nitro benzene ring substituents is 1. The molecule has 2 aromatic carbocycles. The van der Waals surface area contributed by atoms with E-state index in [0.717, 1.165) is 28.9 Å². The van der Waals surface area contributed by atoms with Crippen molar-refractivity contribution in [2.75, 3.05) is 10.2 Å². The van der Waals surface area contributed by atoms with Crippen molar-refractivity contribution >= 4 is 28.9 Å². The molecule has 1 aliphatic heterocycles. The molecule has 7 heteroatoms. The molecular formula is C22H23N3O4. The topological polar surface area (TPSA) is 92.6 Å². The average molecular weight is 393 g/mol. The van der Waals surface area contributed by atoms with E-state index in [1.54, 1.807) is 12.1 Å². The molecule has 1 heterocycles. The van der Waals surface area contributed by atoms with Gasteiger partial charge in [0.25, 0.3) is 5.69 Å². The van der Waals surface area contributed by atoms with Crippen molar-refractivity contribution in [2.24, 2.45) is 11.8 Å². The molecule has 2 amide bonds. The number of carbonyl (C=O) groups excluding carboxylic acids is 2. The first-order valence-electron chi connectivity index (χ1n) is 9.91. The van der Waals surface area contributed by atoms with Gasteiger partial charge in [-0.2, -0.15) is 0 Å². The number of amides is 2. The van der Waals surface area contributed by atoms with Crippen LogP contribution in [-0.4, -0.2) is 16.7 Å². The van der Waals surface area contributed by atoms with Crippen LogP contribution in [-0.2, 0) is 16.1 Å². The smallest absolute Gasteiger partial charge is 0.294 e. The number of hydrogen-bond acceptors (Lipinski definition) is 5. The Kier molecular flexibility index (Phi) is 5.05. The van der Waals surface area contributed by atoms with Crippen LogP contribution in [0.5, 0.6) is 0 Å². The summed E-state index contributed by atoms with van der Waals surface area (Å²) in [5, 5.41) is 14.7. The van der Waals surface area contributed by atoms with Crippen LogP contribution in [0.4, 0.5) is 17.1 Å². The molecule has 150 valence electrons. The molecule has 0 bridgehead atoms. The summed E-state index contributed by atoms with van der Waals surface area (Å²) >= 11 is 0. The first kappa shape index (κ1) is 19.1. The van der Waals surface area contributed by atoms with Crippen LogP contribution in [0.2, 0.25) is 0 Å². The number of carbonyl (C=O) groups is 2. The standard InChI is InChI=1S/C22H23N3O4/c1-14-6-8-15(9-7-14)13-23-19-11-10-16(12-20(19)25(28)29)24-21(26)17-4-2-3-5-18(17)22(24)27/h6-12,17-18,23H,2-5,13H2,1H3. The minimum Gasteiger partial charge on any atom is -0.375 e.